The molecule has 82 valence electrons. The van der Waals surface area contributed by atoms with Crippen molar-refractivity contribution in [2.24, 2.45) is 0 Å². The molecule has 1 aromatic rings. The number of hydrogen-bond acceptors (Lipinski definition) is 1. The molecule has 1 atom stereocenters. The second-order valence-corrected chi connectivity index (χ2v) is 4.82. The third-order valence-corrected chi connectivity index (χ3v) is 3.32. The van der Waals surface area contributed by atoms with E-state index in [1.54, 1.807) is 0 Å². The van der Waals surface area contributed by atoms with E-state index in [2.05, 4.69) is 43.4 Å². The topological polar surface area (TPSA) is 12.0 Å². The molecule has 0 aromatic heterocycles. The standard InChI is InChI=1S/C14H21N/c1-11(2)12-6-8-13(9-7-12)14-5-3-4-10-15-14/h6-9,11,14-15H,3-5,10H2,1-2H3/t14-/m1/s1. The van der Waals surface area contributed by atoms with Crippen LogP contribution in [0.4, 0.5) is 0 Å². The van der Waals surface area contributed by atoms with Gasteiger partial charge in [-0.3, -0.25) is 0 Å². The first-order chi connectivity index (χ1) is 7.27. The molecule has 1 aliphatic heterocycles. The summed E-state index contributed by atoms with van der Waals surface area (Å²) in [5, 5.41) is 3.58. The normalized spacial score (nSPS) is 21.9. The van der Waals surface area contributed by atoms with Gasteiger partial charge in [0.05, 0.1) is 0 Å². The predicted molar refractivity (Wildman–Crippen MR) is 65.1 cm³/mol. The highest BCUT2D eigenvalue weighted by Crippen LogP contribution is 2.24. The molecule has 15 heavy (non-hydrogen) atoms. The molecule has 1 heterocycles. The van der Waals surface area contributed by atoms with Crippen molar-refractivity contribution < 1.29 is 0 Å². The summed E-state index contributed by atoms with van der Waals surface area (Å²) in [6.45, 7) is 5.67. The molecule has 1 N–H and O–H groups in total. The molecule has 1 nitrogen and oxygen atoms in total. The molecule has 1 fully saturated rings. The second kappa shape index (κ2) is 4.80. The third kappa shape index (κ3) is 2.60. The maximum atomic E-state index is 3.58. The second-order valence-electron chi connectivity index (χ2n) is 4.82. The summed E-state index contributed by atoms with van der Waals surface area (Å²) in [5.74, 6) is 0.637. The first-order valence-corrected chi connectivity index (χ1v) is 6.10. The van der Waals surface area contributed by atoms with Gasteiger partial charge in [-0.15, -0.1) is 0 Å². The smallest absolute Gasteiger partial charge is 0.0320 e. The first-order valence-electron chi connectivity index (χ1n) is 6.10. The van der Waals surface area contributed by atoms with Crippen LogP contribution in [0.1, 0.15) is 56.2 Å². The molecule has 1 aliphatic rings. The summed E-state index contributed by atoms with van der Waals surface area (Å²) in [5.41, 5.74) is 2.90. The monoisotopic (exact) mass is 203 g/mol. The lowest BCUT2D eigenvalue weighted by molar-refractivity contribution is 0.412. The van der Waals surface area contributed by atoms with Crippen LogP contribution >= 0.6 is 0 Å². The van der Waals surface area contributed by atoms with Crippen LogP contribution in [0, 0.1) is 0 Å². The minimum atomic E-state index is 0.597. The highest BCUT2D eigenvalue weighted by atomic mass is 14.9. The van der Waals surface area contributed by atoms with Crippen LogP contribution in [0.25, 0.3) is 0 Å². The van der Waals surface area contributed by atoms with Gasteiger partial charge in [0.25, 0.3) is 0 Å². The van der Waals surface area contributed by atoms with Crippen LogP contribution in [0.15, 0.2) is 24.3 Å². The highest BCUT2D eigenvalue weighted by Gasteiger charge is 2.14. The number of benzene rings is 1. The Morgan fingerprint density at radius 2 is 1.87 bits per heavy atom. The van der Waals surface area contributed by atoms with Crippen molar-refractivity contribution in [3.05, 3.63) is 35.4 Å². The molecule has 0 amide bonds. The number of nitrogens with one attached hydrogen (secondary N) is 1. The lowest BCUT2D eigenvalue weighted by Gasteiger charge is -2.24. The van der Waals surface area contributed by atoms with Crippen LogP contribution < -0.4 is 5.32 Å². The van der Waals surface area contributed by atoms with Crippen LogP contribution in [-0.2, 0) is 0 Å². The lowest BCUT2D eigenvalue weighted by atomic mass is 9.95. The van der Waals surface area contributed by atoms with E-state index in [1.165, 1.54) is 36.9 Å². The molecule has 0 aliphatic carbocycles. The maximum absolute atomic E-state index is 3.58. The molecule has 0 radical (unpaired) electrons. The minimum Gasteiger partial charge on any atom is -0.310 e. The molecule has 1 saturated heterocycles. The Hall–Kier alpha value is -0.820. The number of hydrogen-bond donors (Lipinski definition) is 1. The highest BCUT2D eigenvalue weighted by molar-refractivity contribution is 5.27. The minimum absolute atomic E-state index is 0.597. The fourth-order valence-electron chi connectivity index (χ4n) is 2.25. The molecule has 2 rings (SSSR count). The Kier molecular flexibility index (Phi) is 3.42. The molecular weight excluding hydrogens is 182 g/mol. The Bertz CT molecular complexity index is 294. The van der Waals surface area contributed by atoms with E-state index in [-0.39, 0.29) is 0 Å². The van der Waals surface area contributed by atoms with E-state index in [4.69, 9.17) is 0 Å². The van der Waals surface area contributed by atoms with Gasteiger partial charge in [0.15, 0.2) is 0 Å². The van der Waals surface area contributed by atoms with Gasteiger partial charge in [0.2, 0.25) is 0 Å². The van der Waals surface area contributed by atoms with E-state index in [0.29, 0.717) is 12.0 Å². The van der Waals surface area contributed by atoms with Crippen molar-refractivity contribution in [3.63, 3.8) is 0 Å². The third-order valence-electron chi connectivity index (χ3n) is 3.32. The van der Waals surface area contributed by atoms with Crippen LogP contribution in [0.2, 0.25) is 0 Å². The molecule has 0 spiro atoms. The summed E-state index contributed by atoms with van der Waals surface area (Å²) in [6, 6.07) is 9.73. The zero-order chi connectivity index (χ0) is 10.7. The van der Waals surface area contributed by atoms with Crippen molar-refractivity contribution in [2.75, 3.05) is 6.54 Å². The Morgan fingerprint density at radius 3 is 2.40 bits per heavy atom. The van der Waals surface area contributed by atoms with Crippen LogP contribution in [0.5, 0.6) is 0 Å². The fourth-order valence-corrected chi connectivity index (χ4v) is 2.25. The molecular formula is C14H21N. The Labute approximate surface area is 92.9 Å². The summed E-state index contributed by atoms with van der Waals surface area (Å²) in [7, 11) is 0. The maximum Gasteiger partial charge on any atom is 0.0320 e. The van der Waals surface area contributed by atoms with Crippen molar-refractivity contribution >= 4 is 0 Å². The number of rotatable bonds is 2. The van der Waals surface area contributed by atoms with Gasteiger partial charge < -0.3 is 5.32 Å². The van der Waals surface area contributed by atoms with Crippen LogP contribution in [0.3, 0.4) is 0 Å². The molecule has 0 bridgehead atoms. The van der Waals surface area contributed by atoms with E-state index >= 15 is 0 Å². The van der Waals surface area contributed by atoms with Crippen molar-refractivity contribution in [1.82, 2.24) is 5.32 Å². The number of piperidine rings is 1. The summed E-state index contributed by atoms with van der Waals surface area (Å²) in [4.78, 5) is 0. The zero-order valence-corrected chi connectivity index (χ0v) is 9.79. The molecule has 1 aromatic carbocycles. The summed E-state index contributed by atoms with van der Waals surface area (Å²) >= 11 is 0. The van der Waals surface area contributed by atoms with E-state index in [9.17, 15) is 0 Å². The SMILES string of the molecule is CC(C)c1ccc([C@H]2CCCCN2)cc1. The predicted octanol–water partition coefficient (Wildman–Crippen LogP) is 3.62. The van der Waals surface area contributed by atoms with Gasteiger partial charge >= 0.3 is 0 Å². The van der Waals surface area contributed by atoms with Crippen molar-refractivity contribution in [1.29, 1.82) is 0 Å². The largest absolute Gasteiger partial charge is 0.310 e. The first kappa shape index (κ1) is 10.7. The van der Waals surface area contributed by atoms with E-state index in [0.717, 1.165) is 0 Å². The summed E-state index contributed by atoms with van der Waals surface area (Å²) in [6.07, 6.45) is 3.99. The molecule has 1 heteroatoms. The van der Waals surface area contributed by atoms with Gasteiger partial charge in [-0.1, -0.05) is 44.5 Å². The van der Waals surface area contributed by atoms with E-state index in [1.807, 2.05) is 0 Å². The zero-order valence-electron chi connectivity index (χ0n) is 9.79. The average Bonchev–Trinajstić information content (AvgIpc) is 2.30. The average molecular weight is 203 g/mol. The van der Waals surface area contributed by atoms with Gasteiger partial charge in [-0.05, 0) is 36.4 Å². The van der Waals surface area contributed by atoms with Gasteiger partial charge in [-0.25, -0.2) is 0 Å². The Morgan fingerprint density at radius 1 is 1.13 bits per heavy atom. The van der Waals surface area contributed by atoms with Crippen molar-refractivity contribution in [2.45, 2.75) is 45.1 Å². The van der Waals surface area contributed by atoms with E-state index < -0.39 is 0 Å². The van der Waals surface area contributed by atoms with Crippen molar-refractivity contribution in [3.8, 4) is 0 Å². The molecule has 0 saturated carbocycles. The fraction of sp³-hybridized carbons (Fsp3) is 0.571. The quantitative estimate of drug-likeness (QED) is 0.774. The molecule has 0 unspecified atom stereocenters. The van der Waals surface area contributed by atoms with Gasteiger partial charge in [0, 0.05) is 6.04 Å². The van der Waals surface area contributed by atoms with Crippen LogP contribution in [-0.4, -0.2) is 6.54 Å². The van der Waals surface area contributed by atoms with Gasteiger partial charge in [0.1, 0.15) is 0 Å². The Balaban J connectivity index is 2.08. The summed E-state index contributed by atoms with van der Waals surface area (Å²) < 4.78 is 0. The lowest BCUT2D eigenvalue weighted by Crippen LogP contribution is -2.26. The van der Waals surface area contributed by atoms with Gasteiger partial charge in [-0.2, -0.15) is 0 Å².